The van der Waals surface area contributed by atoms with Crippen LogP contribution >= 0.6 is 0 Å². The van der Waals surface area contributed by atoms with Gasteiger partial charge < -0.3 is 11.1 Å². The summed E-state index contributed by atoms with van der Waals surface area (Å²) in [4.78, 5) is 26.9. The number of hydrogen-bond acceptors (Lipinski definition) is 3. The molecule has 0 aliphatic rings. The molecule has 0 aliphatic heterocycles. The van der Waals surface area contributed by atoms with Gasteiger partial charge in [0.1, 0.15) is 6.04 Å². The van der Waals surface area contributed by atoms with Crippen LogP contribution in [0.4, 0.5) is 0 Å². The summed E-state index contributed by atoms with van der Waals surface area (Å²) in [7, 11) is 0. The molecule has 1 rings (SSSR count). The molecule has 5 nitrogen and oxygen atoms in total. The highest BCUT2D eigenvalue weighted by Crippen LogP contribution is 2.02. The zero-order valence-electron chi connectivity index (χ0n) is 10.1. The number of nitrogens with zero attached hydrogens (tertiary/aromatic N) is 1. The second kappa shape index (κ2) is 5.98. The van der Waals surface area contributed by atoms with Gasteiger partial charge in [-0.15, -0.1) is 0 Å². The maximum atomic E-state index is 11.8. The van der Waals surface area contributed by atoms with Crippen molar-refractivity contribution < 1.29 is 9.59 Å². The summed E-state index contributed by atoms with van der Waals surface area (Å²) in [5.74, 6) is -0.838. The highest BCUT2D eigenvalue weighted by atomic mass is 16.2. The zero-order chi connectivity index (χ0) is 12.8. The maximum Gasteiger partial charge on any atom is 0.253 e. The minimum absolute atomic E-state index is 0.324. The zero-order valence-corrected chi connectivity index (χ0v) is 10.1. The lowest BCUT2D eigenvalue weighted by molar-refractivity contribution is -0.120. The van der Waals surface area contributed by atoms with Crippen molar-refractivity contribution in [3.05, 3.63) is 29.6 Å². The SMILES string of the molecule is CCCC(NC(=O)c1ccc(C)nc1)C(N)=O. The van der Waals surface area contributed by atoms with Crippen LogP contribution in [0.2, 0.25) is 0 Å². The summed E-state index contributed by atoms with van der Waals surface area (Å²) in [5.41, 5.74) is 6.47. The Kier molecular flexibility index (Phi) is 4.63. The van der Waals surface area contributed by atoms with E-state index in [1.165, 1.54) is 6.20 Å². The molecule has 1 atom stereocenters. The molecule has 0 saturated heterocycles. The van der Waals surface area contributed by atoms with Crippen molar-refractivity contribution in [2.45, 2.75) is 32.7 Å². The number of carbonyl (C=O) groups is 2. The number of primary amides is 1. The Balaban J connectivity index is 2.70. The Morgan fingerprint density at radius 2 is 2.18 bits per heavy atom. The fourth-order valence-electron chi connectivity index (χ4n) is 1.42. The Hall–Kier alpha value is -1.91. The van der Waals surface area contributed by atoms with E-state index in [4.69, 9.17) is 5.73 Å². The molecule has 3 N–H and O–H groups in total. The number of nitrogens with one attached hydrogen (secondary N) is 1. The summed E-state index contributed by atoms with van der Waals surface area (Å²) in [6.45, 7) is 3.76. The van der Waals surface area contributed by atoms with Crippen LogP contribution in [0.5, 0.6) is 0 Å². The number of aromatic nitrogens is 1. The highest BCUT2D eigenvalue weighted by molar-refractivity contribution is 5.97. The van der Waals surface area contributed by atoms with Crippen LogP contribution in [-0.4, -0.2) is 22.8 Å². The largest absolute Gasteiger partial charge is 0.368 e. The third-order valence-corrected chi connectivity index (χ3v) is 2.40. The van der Waals surface area contributed by atoms with E-state index in [0.717, 1.165) is 12.1 Å². The lowest BCUT2D eigenvalue weighted by Crippen LogP contribution is -2.44. The molecule has 0 bridgehead atoms. The normalized spacial score (nSPS) is 11.9. The number of aryl methyl sites for hydroxylation is 1. The van der Waals surface area contributed by atoms with Gasteiger partial charge in [-0.2, -0.15) is 0 Å². The minimum atomic E-state index is -0.617. The molecule has 0 fully saturated rings. The van der Waals surface area contributed by atoms with Crippen molar-refractivity contribution in [3.8, 4) is 0 Å². The molecule has 1 unspecified atom stereocenters. The van der Waals surface area contributed by atoms with Crippen LogP contribution in [0.3, 0.4) is 0 Å². The summed E-state index contributed by atoms with van der Waals surface area (Å²) < 4.78 is 0. The minimum Gasteiger partial charge on any atom is -0.368 e. The quantitative estimate of drug-likeness (QED) is 0.790. The molecule has 1 heterocycles. The van der Waals surface area contributed by atoms with Crippen molar-refractivity contribution in [2.24, 2.45) is 5.73 Å². The van der Waals surface area contributed by atoms with Gasteiger partial charge in [0.2, 0.25) is 5.91 Å². The monoisotopic (exact) mass is 235 g/mol. The van der Waals surface area contributed by atoms with Crippen molar-refractivity contribution in [2.75, 3.05) is 0 Å². The molecule has 0 aromatic carbocycles. The summed E-state index contributed by atoms with van der Waals surface area (Å²) >= 11 is 0. The van der Waals surface area contributed by atoms with Gasteiger partial charge in [0.05, 0.1) is 5.56 Å². The molecule has 17 heavy (non-hydrogen) atoms. The molecule has 0 radical (unpaired) electrons. The van der Waals surface area contributed by atoms with E-state index in [1.54, 1.807) is 12.1 Å². The van der Waals surface area contributed by atoms with E-state index >= 15 is 0 Å². The Bertz CT molecular complexity index is 401. The topological polar surface area (TPSA) is 85.1 Å². The fourth-order valence-corrected chi connectivity index (χ4v) is 1.42. The van der Waals surface area contributed by atoms with E-state index in [9.17, 15) is 9.59 Å². The van der Waals surface area contributed by atoms with Crippen molar-refractivity contribution >= 4 is 11.8 Å². The van der Waals surface area contributed by atoms with Gasteiger partial charge in [-0.3, -0.25) is 14.6 Å². The maximum absolute atomic E-state index is 11.8. The fraction of sp³-hybridized carbons (Fsp3) is 0.417. The number of amides is 2. The first-order chi connectivity index (χ1) is 8.04. The molecule has 5 heteroatoms. The lowest BCUT2D eigenvalue weighted by Gasteiger charge is -2.14. The predicted octanol–water partition coefficient (Wildman–Crippen LogP) is 0.774. The second-order valence-electron chi connectivity index (χ2n) is 3.91. The van der Waals surface area contributed by atoms with Gasteiger partial charge in [-0.05, 0) is 25.5 Å². The third-order valence-electron chi connectivity index (χ3n) is 2.40. The van der Waals surface area contributed by atoms with Gasteiger partial charge in [-0.25, -0.2) is 0 Å². The van der Waals surface area contributed by atoms with Gasteiger partial charge >= 0.3 is 0 Å². The van der Waals surface area contributed by atoms with Gasteiger partial charge in [0.25, 0.3) is 5.91 Å². The van der Waals surface area contributed by atoms with E-state index in [2.05, 4.69) is 10.3 Å². The molecule has 0 saturated carbocycles. The predicted molar refractivity (Wildman–Crippen MR) is 64.3 cm³/mol. The summed E-state index contributed by atoms with van der Waals surface area (Å²) in [6.07, 6.45) is 2.80. The van der Waals surface area contributed by atoms with Crippen LogP contribution in [0.25, 0.3) is 0 Å². The lowest BCUT2D eigenvalue weighted by atomic mass is 10.1. The number of pyridine rings is 1. The third kappa shape index (κ3) is 3.86. The first kappa shape index (κ1) is 13.2. The molecule has 92 valence electrons. The van der Waals surface area contributed by atoms with Crippen molar-refractivity contribution in [3.63, 3.8) is 0 Å². The molecule has 1 aromatic rings. The van der Waals surface area contributed by atoms with Gasteiger partial charge in [-0.1, -0.05) is 13.3 Å². The molecule has 0 aliphatic carbocycles. The van der Waals surface area contributed by atoms with Crippen LogP contribution in [0.1, 0.15) is 35.8 Å². The molecular formula is C12H17N3O2. The van der Waals surface area contributed by atoms with Crippen LogP contribution < -0.4 is 11.1 Å². The van der Waals surface area contributed by atoms with Crippen molar-refractivity contribution in [1.29, 1.82) is 0 Å². The summed E-state index contributed by atoms with van der Waals surface area (Å²) in [5, 5.41) is 2.60. The van der Waals surface area contributed by atoms with E-state index in [1.807, 2.05) is 13.8 Å². The average molecular weight is 235 g/mol. The number of carbonyl (C=O) groups excluding carboxylic acids is 2. The highest BCUT2D eigenvalue weighted by Gasteiger charge is 2.17. The van der Waals surface area contributed by atoms with Crippen LogP contribution in [0, 0.1) is 6.92 Å². The Labute approximate surface area is 100 Å². The molecule has 1 aromatic heterocycles. The first-order valence-corrected chi connectivity index (χ1v) is 5.57. The Morgan fingerprint density at radius 3 is 2.65 bits per heavy atom. The number of rotatable bonds is 5. The van der Waals surface area contributed by atoms with Crippen molar-refractivity contribution in [1.82, 2.24) is 10.3 Å². The smallest absolute Gasteiger partial charge is 0.253 e. The van der Waals surface area contributed by atoms with E-state index in [0.29, 0.717) is 12.0 Å². The second-order valence-corrected chi connectivity index (χ2v) is 3.91. The molecule has 2 amide bonds. The van der Waals surface area contributed by atoms with Crippen LogP contribution in [-0.2, 0) is 4.79 Å². The number of hydrogen-bond donors (Lipinski definition) is 2. The molecule has 0 spiro atoms. The van der Waals surface area contributed by atoms with E-state index in [-0.39, 0.29) is 5.91 Å². The standard InChI is InChI=1S/C12H17N3O2/c1-3-4-10(11(13)16)15-12(17)9-6-5-8(2)14-7-9/h5-7,10H,3-4H2,1-2H3,(H2,13,16)(H,15,17). The summed E-state index contributed by atoms with van der Waals surface area (Å²) in [6, 6.07) is 2.80. The number of nitrogens with two attached hydrogens (primary N) is 1. The van der Waals surface area contributed by atoms with Gasteiger partial charge in [0.15, 0.2) is 0 Å². The van der Waals surface area contributed by atoms with Gasteiger partial charge in [0, 0.05) is 11.9 Å². The van der Waals surface area contributed by atoms with Crippen LogP contribution in [0.15, 0.2) is 18.3 Å². The first-order valence-electron chi connectivity index (χ1n) is 5.57. The average Bonchev–Trinajstić information content (AvgIpc) is 2.29. The molecular weight excluding hydrogens is 218 g/mol. The van der Waals surface area contributed by atoms with E-state index < -0.39 is 11.9 Å². The Morgan fingerprint density at radius 1 is 1.47 bits per heavy atom.